The van der Waals surface area contributed by atoms with Crippen molar-refractivity contribution in [2.24, 2.45) is 0 Å². The third-order valence-corrected chi connectivity index (χ3v) is 6.68. The molecule has 8 nitrogen and oxygen atoms in total. The Morgan fingerprint density at radius 1 is 1.22 bits per heavy atom. The standard InChI is InChI=1S/C21H22ClN5O3S2/c1-12(2)30-8-4-7-26-19(29)16-6-5-14(22)9-17(16)24-20(26)31-11-15-10-18(28)27-21(23-15)32-13(3)25-27/h5-6,9-10,12H,4,7-8,11H2,1-3H3. The quantitative estimate of drug-likeness (QED) is 0.209. The van der Waals surface area contributed by atoms with Crippen LogP contribution >= 0.6 is 34.7 Å². The fourth-order valence-corrected chi connectivity index (χ4v) is 5.04. The number of aryl methyl sites for hydroxylation is 1. The molecule has 0 radical (unpaired) electrons. The van der Waals surface area contributed by atoms with Gasteiger partial charge in [0, 0.05) is 30.0 Å². The van der Waals surface area contributed by atoms with Crippen LogP contribution in [-0.4, -0.2) is 36.9 Å². The maximum absolute atomic E-state index is 13.2. The van der Waals surface area contributed by atoms with Crippen molar-refractivity contribution < 1.29 is 4.74 Å². The second-order valence-electron chi connectivity index (χ2n) is 7.48. The molecule has 0 aliphatic rings. The molecule has 0 N–H and O–H groups in total. The van der Waals surface area contributed by atoms with E-state index in [4.69, 9.17) is 21.3 Å². The number of thioether (sulfide) groups is 1. The summed E-state index contributed by atoms with van der Waals surface area (Å²) < 4.78 is 8.58. The average molecular weight is 492 g/mol. The van der Waals surface area contributed by atoms with Crippen LogP contribution in [-0.2, 0) is 17.0 Å². The Kier molecular flexibility index (Phi) is 6.94. The summed E-state index contributed by atoms with van der Waals surface area (Å²) in [6.07, 6.45) is 0.811. The first-order valence-electron chi connectivity index (χ1n) is 10.1. The second kappa shape index (κ2) is 9.70. The fourth-order valence-electron chi connectivity index (χ4n) is 3.19. The van der Waals surface area contributed by atoms with Gasteiger partial charge in [0.15, 0.2) is 5.16 Å². The van der Waals surface area contributed by atoms with Gasteiger partial charge < -0.3 is 4.74 Å². The minimum Gasteiger partial charge on any atom is -0.379 e. The highest BCUT2D eigenvalue weighted by molar-refractivity contribution is 7.98. The number of hydrogen-bond donors (Lipinski definition) is 0. The molecule has 11 heteroatoms. The molecule has 1 aromatic carbocycles. The Bertz CT molecular complexity index is 1400. The van der Waals surface area contributed by atoms with Crippen LogP contribution < -0.4 is 11.1 Å². The molecule has 3 aromatic heterocycles. The number of nitrogens with zero attached hydrogens (tertiary/aromatic N) is 5. The van der Waals surface area contributed by atoms with Crippen LogP contribution in [0.5, 0.6) is 0 Å². The average Bonchev–Trinajstić information content (AvgIpc) is 3.11. The van der Waals surface area contributed by atoms with Crippen molar-refractivity contribution >= 4 is 50.6 Å². The molecule has 0 bridgehead atoms. The van der Waals surface area contributed by atoms with Gasteiger partial charge in [-0.3, -0.25) is 14.2 Å². The van der Waals surface area contributed by atoms with Crippen LogP contribution in [0.1, 0.15) is 31.0 Å². The molecule has 168 valence electrons. The van der Waals surface area contributed by atoms with Gasteiger partial charge in [-0.25, -0.2) is 9.97 Å². The Balaban J connectivity index is 1.65. The highest BCUT2D eigenvalue weighted by Gasteiger charge is 2.14. The Hall–Kier alpha value is -2.27. The first-order chi connectivity index (χ1) is 15.3. The zero-order chi connectivity index (χ0) is 22.8. The number of ether oxygens (including phenoxy) is 1. The highest BCUT2D eigenvalue weighted by Crippen LogP contribution is 2.23. The first kappa shape index (κ1) is 22.9. The van der Waals surface area contributed by atoms with E-state index in [9.17, 15) is 9.59 Å². The van der Waals surface area contributed by atoms with Crippen molar-refractivity contribution in [2.45, 2.75) is 50.8 Å². The largest absolute Gasteiger partial charge is 0.379 e. The molecule has 0 aliphatic heterocycles. The predicted octanol–water partition coefficient (Wildman–Crippen LogP) is 3.93. The van der Waals surface area contributed by atoms with E-state index in [2.05, 4.69) is 10.1 Å². The van der Waals surface area contributed by atoms with Gasteiger partial charge in [0.05, 0.1) is 22.7 Å². The van der Waals surface area contributed by atoms with Crippen molar-refractivity contribution in [2.75, 3.05) is 6.61 Å². The predicted molar refractivity (Wildman–Crippen MR) is 128 cm³/mol. The van der Waals surface area contributed by atoms with E-state index in [-0.39, 0.29) is 17.2 Å². The summed E-state index contributed by atoms with van der Waals surface area (Å²) in [5, 5.41) is 6.52. The number of rotatable bonds is 8. The lowest BCUT2D eigenvalue weighted by molar-refractivity contribution is 0.0743. The SMILES string of the molecule is Cc1nn2c(=O)cc(CSc3nc4cc(Cl)ccc4c(=O)n3CCCOC(C)C)nc2s1. The van der Waals surface area contributed by atoms with E-state index in [1.807, 2.05) is 20.8 Å². The molecule has 0 saturated carbocycles. The molecule has 0 unspecified atom stereocenters. The van der Waals surface area contributed by atoms with Gasteiger partial charge in [-0.05, 0) is 45.4 Å². The van der Waals surface area contributed by atoms with Crippen molar-refractivity contribution in [3.8, 4) is 0 Å². The molecule has 0 spiro atoms. The lowest BCUT2D eigenvalue weighted by Gasteiger charge is -2.14. The van der Waals surface area contributed by atoms with Crippen LogP contribution in [0.3, 0.4) is 0 Å². The number of hydrogen-bond acceptors (Lipinski definition) is 8. The van der Waals surface area contributed by atoms with Crippen LogP contribution in [0, 0.1) is 6.92 Å². The van der Waals surface area contributed by atoms with Gasteiger partial charge >= 0.3 is 0 Å². The van der Waals surface area contributed by atoms with Crippen LogP contribution in [0.4, 0.5) is 0 Å². The van der Waals surface area contributed by atoms with E-state index >= 15 is 0 Å². The van der Waals surface area contributed by atoms with Gasteiger partial charge in [-0.2, -0.15) is 9.61 Å². The number of aromatic nitrogens is 5. The molecule has 0 fully saturated rings. The third kappa shape index (κ3) is 5.03. The van der Waals surface area contributed by atoms with Crippen LogP contribution in [0.25, 0.3) is 15.9 Å². The molecular formula is C21H22ClN5O3S2. The lowest BCUT2D eigenvalue weighted by atomic mass is 10.2. The van der Waals surface area contributed by atoms with Gasteiger partial charge in [0.1, 0.15) is 5.01 Å². The highest BCUT2D eigenvalue weighted by atomic mass is 35.5. The summed E-state index contributed by atoms with van der Waals surface area (Å²) in [7, 11) is 0. The van der Waals surface area contributed by atoms with Crippen molar-refractivity contribution in [1.29, 1.82) is 0 Å². The molecule has 0 aliphatic carbocycles. The minimum absolute atomic E-state index is 0.125. The van der Waals surface area contributed by atoms with Gasteiger partial charge in [0.2, 0.25) is 4.96 Å². The molecule has 0 atom stereocenters. The molecular weight excluding hydrogens is 470 g/mol. The molecule has 4 aromatic rings. The van der Waals surface area contributed by atoms with Crippen LogP contribution in [0.15, 0.2) is 39.0 Å². The summed E-state index contributed by atoms with van der Waals surface area (Å²) in [5.41, 5.74) is 0.803. The topological polar surface area (TPSA) is 91.4 Å². The minimum atomic E-state index is -0.226. The number of halogens is 1. The van der Waals surface area contributed by atoms with Crippen molar-refractivity contribution in [1.82, 2.24) is 24.1 Å². The summed E-state index contributed by atoms with van der Waals surface area (Å²) >= 11 is 8.84. The van der Waals surface area contributed by atoms with E-state index < -0.39 is 0 Å². The monoisotopic (exact) mass is 491 g/mol. The summed E-state index contributed by atoms with van der Waals surface area (Å²) in [5.74, 6) is 0.393. The smallest absolute Gasteiger partial charge is 0.275 e. The summed E-state index contributed by atoms with van der Waals surface area (Å²) in [6, 6.07) is 6.54. The van der Waals surface area contributed by atoms with Crippen LogP contribution in [0.2, 0.25) is 5.02 Å². The summed E-state index contributed by atoms with van der Waals surface area (Å²) in [6.45, 7) is 6.81. The van der Waals surface area contributed by atoms with Crippen molar-refractivity contribution in [3.05, 3.63) is 60.7 Å². The van der Waals surface area contributed by atoms with E-state index in [1.165, 1.54) is 33.7 Å². The molecule has 0 saturated heterocycles. The normalized spacial score (nSPS) is 11.8. The number of fused-ring (bicyclic) bond motifs is 2. The van der Waals surface area contributed by atoms with Gasteiger partial charge in [-0.1, -0.05) is 34.7 Å². The maximum atomic E-state index is 13.2. The van der Waals surface area contributed by atoms with Gasteiger partial charge in [-0.15, -0.1) is 0 Å². The summed E-state index contributed by atoms with van der Waals surface area (Å²) in [4.78, 5) is 35.3. The second-order valence-corrected chi connectivity index (χ2v) is 10.0. The molecule has 3 heterocycles. The molecule has 4 rings (SSSR count). The number of benzene rings is 1. The van der Waals surface area contributed by atoms with Crippen molar-refractivity contribution in [3.63, 3.8) is 0 Å². The molecule has 0 amide bonds. The fraction of sp³-hybridized carbons (Fsp3) is 0.381. The zero-order valence-electron chi connectivity index (χ0n) is 17.9. The van der Waals surface area contributed by atoms with E-state index in [1.54, 1.807) is 22.8 Å². The van der Waals surface area contributed by atoms with E-state index in [0.717, 1.165) is 5.01 Å². The zero-order valence-corrected chi connectivity index (χ0v) is 20.3. The Morgan fingerprint density at radius 2 is 2.03 bits per heavy atom. The Labute approximate surface area is 197 Å². The van der Waals surface area contributed by atoms with E-state index in [0.29, 0.717) is 57.1 Å². The molecule has 32 heavy (non-hydrogen) atoms. The Morgan fingerprint density at radius 3 is 2.81 bits per heavy atom. The van der Waals surface area contributed by atoms with Gasteiger partial charge in [0.25, 0.3) is 11.1 Å². The lowest BCUT2D eigenvalue weighted by Crippen LogP contribution is -2.24. The first-order valence-corrected chi connectivity index (χ1v) is 12.3. The third-order valence-electron chi connectivity index (χ3n) is 4.61. The maximum Gasteiger partial charge on any atom is 0.275 e.